The SMILES string of the molecule is Cc1ccc(CN(Cc2cc3ccc(C)cc3[nH]c2=O)Cc2nnnn2Cc2ccccc2)cc1. The number of rotatable bonds is 8. The highest BCUT2D eigenvalue weighted by atomic mass is 16.1. The number of hydrogen-bond donors (Lipinski definition) is 1. The molecule has 0 radical (unpaired) electrons. The minimum atomic E-state index is -0.0686. The quantitative estimate of drug-likeness (QED) is 0.369. The van der Waals surface area contributed by atoms with Crippen LogP contribution in [0.4, 0.5) is 0 Å². The molecule has 0 aliphatic rings. The van der Waals surface area contributed by atoms with Crippen LogP contribution in [-0.4, -0.2) is 30.1 Å². The van der Waals surface area contributed by atoms with Gasteiger partial charge in [-0.05, 0) is 58.5 Å². The van der Waals surface area contributed by atoms with E-state index in [4.69, 9.17) is 0 Å². The zero-order valence-electron chi connectivity index (χ0n) is 20.0. The third kappa shape index (κ3) is 5.53. The largest absolute Gasteiger partial charge is 0.322 e. The Morgan fingerprint density at radius 2 is 1.60 bits per heavy atom. The van der Waals surface area contributed by atoms with Gasteiger partial charge in [0.25, 0.3) is 5.56 Å². The average molecular weight is 465 g/mol. The molecule has 0 spiro atoms. The molecule has 0 fully saturated rings. The fraction of sp³-hybridized carbons (Fsp3) is 0.214. The number of nitrogens with one attached hydrogen (secondary N) is 1. The minimum absolute atomic E-state index is 0.0686. The molecule has 3 aromatic carbocycles. The van der Waals surface area contributed by atoms with Crippen molar-refractivity contribution in [3.8, 4) is 0 Å². The lowest BCUT2D eigenvalue weighted by Crippen LogP contribution is -2.28. The first-order valence-electron chi connectivity index (χ1n) is 11.7. The van der Waals surface area contributed by atoms with Crippen LogP contribution in [0.1, 0.15) is 33.6 Å². The summed E-state index contributed by atoms with van der Waals surface area (Å²) in [5.74, 6) is 0.758. The zero-order valence-corrected chi connectivity index (χ0v) is 20.0. The second-order valence-electron chi connectivity index (χ2n) is 9.08. The van der Waals surface area contributed by atoms with Crippen LogP contribution in [-0.2, 0) is 26.2 Å². The highest BCUT2D eigenvalue weighted by molar-refractivity contribution is 5.79. The van der Waals surface area contributed by atoms with E-state index in [0.29, 0.717) is 26.2 Å². The molecule has 0 bridgehead atoms. The van der Waals surface area contributed by atoms with E-state index < -0.39 is 0 Å². The van der Waals surface area contributed by atoms with Gasteiger partial charge in [0.15, 0.2) is 5.82 Å². The minimum Gasteiger partial charge on any atom is -0.322 e. The van der Waals surface area contributed by atoms with Gasteiger partial charge in [-0.2, -0.15) is 0 Å². The Kier molecular flexibility index (Phi) is 6.50. The first kappa shape index (κ1) is 22.7. The van der Waals surface area contributed by atoms with Gasteiger partial charge >= 0.3 is 0 Å². The van der Waals surface area contributed by atoms with Crippen molar-refractivity contribution in [3.05, 3.63) is 123 Å². The third-order valence-corrected chi connectivity index (χ3v) is 6.15. The summed E-state index contributed by atoms with van der Waals surface area (Å²) >= 11 is 0. The van der Waals surface area contributed by atoms with Gasteiger partial charge in [0, 0.05) is 24.2 Å². The molecule has 0 saturated heterocycles. The van der Waals surface area contributed by atoms with Crippen LogP contribution in [0.15, 0.2) is 83.7 Å². The van der Waals surface area contributed by atoms with E-state index in [-0.39, 0.29) is 5.56 Å². The first-order valence-corrected chi connectivity index (χ1v) is 11.7. The van der Waals surface area contributed by atoms with Crippen molar-refractivity contribution in [1.82, 2.24) is 30.1 Å². The molecule has 1 N–H and O–H groups in total. The van der Waals surface area contributed by atoms with Gasteiger partial charge in [-0.25, -0.2) is 4.68 Å². The molecule has 0 amide bonds. The summed E-state index contributed by atoms with van der Waals surface area (Å²) in [4.78, 5) is 18.2. The summed E-state index contributed by atoms with van der Waals surface area (Å²) < 4.78 is 1.82. The summed E-state index contributed by atoms with van der Waals surface area (Å²) in [6.45, 7) is 6.36. The molecule has 2 aromatic heterocycles. The lowest BCUT2D eigenvalue weighted by Gasteiger charge is -2.22. The van der Waals surface area contributed by atoms with E-state index in [9.17, 15) is 4.79 Å². The zero-order chi connectivity index (χ0) is 24.2. The number of aromatic amines is 1. The van der Waals surface area contributed by atoms with Crippen LogP contribution in [0.2, 0.25) is 0 Å². The predicted octanol–water partition coefficient (Wildman–Crippen LogP) is 4.38. The molecule has 0 aliphatic heterocycles. The van der Waals surface area contributed by atoms with Crippen molar-refractivity contribution in [2.75, 3.05) is 0 Å². The van der Waals surface area contributed by atoms with Crippen LogP contribution < -0.4 is 5.56 Å². The lowest BCUT2D eigenvalue weighted by atomic mass is 10.1. The second-order valence-corrected chi connectivity index (χ2v) is 9.08. The number of hydrogen-bond acceptors (Lipinski definition) is 5. The van der Waals surface area contributed by atoms with Crippen molar-refractivity contribution in [2.45, 2.75) is 40.0 Å². The van der Waals surface area contributed by atoms with Gasteiger partial charge in [-0.3, -0.25) is 9.69 Å². The van der Waals surface area contributed by atoms with Crippen molar-refractivity contribution < 1.29 is 0 Å². The number of aryl methyl sites for hydroxylation is 2. The van der Waals surface area contributed by atoms with Crippen LogP contribution in [0.3, 0.4) is 0 Å². The van der Waals surface area contributed by atoms with Gasteiger partial charge in [-0.15, -0.1) is 5.10 Å². The van der Waals surface area contributed by atoms with E-state index in [1.807, 2.05) is 41.9 Å². The third-order valence-electron chi connectivity index (χ3n) is 6.15. The maximum Gasteiger partial charge on any atom is 0.252 e. The Balaban J connectivity index is 1.44. The normalized spacial score (nSPS) is 11.4. The Labute approximate surface area is 204 Å². The first-order chi connectivity index (χ1) is 17.0. The molecule has 7 nitrogen and oxygen atoms in total. The molecule has 0 unspecified atom stereocenters. The summed E-state index contributed by atoms with van der Waals surface area (Å²) in [7, 11) is 0. The van der Waals surface area contributed by atoms with E-state index in [1.165, 1.54) is 11.1 Å². The van der Waals surface area contributed by atoms with Crippen molar-refractivity contribution >= 4 is 10.9 Å². The second kappa shape index (κ2) is 10.0. The number of tetrazole rings is 1. The number of benzene rings is 3. The van der Waals surface area contributed by atoms with E-state index >= 15 is 0 Å². The maximum atomic E-state index is 13.0. The summed E-state index contributed by atoms with van der Waals surface area (Å²) in [5.41, 5.74) is 6.14. The molecule has 0 saturated carbocycles. The monoisotopic (exact) mass is 464 g/mol. The van der Waals surface area contributed by atoms with Crippen molar-refractivity contribution in [2.24, 2.45) is 0 Å². The van der Waals surface area contributed by atoms with Crippen LogP contribution in [0.5, 0.6) is 0 Å². The summed E-state index contributed by atoms with van der Waals surface area (Å²) in [5, 5.41) is 13.5. The molecule has 0 atom stereocenters. The molecule has 35 heavy (non-hydrogen) atoms. The van der Waals surface area contributed by atoms with Gasteiger partial charge in [-0.1, -0.05) is 72.3 Å². The highest BCUT2D eigenvalue weighted by Gasteiger charge is 2.16. The van der Waals surface area contributed by atoms with Crippen molar-refractivity contribution in [3.63, 3.8) is 0 Å². The van der Waals surface area contributed by atoms with Crippen LogP contribution in [0, 0.1) is 13.8 Å². The smallest absolute Gasteiger partial charge is 0.252 e. The summed E-state index contributed by atoms with van der Waals surface area (Å²) in [6.07, 6.45) is 0. The van der Waals surface area contributed by atoms with E-state index in [1.54, 1.807) is 0 Å². The molecule has 5 aromatic rings. The molecule has 0 aliphatic carbocycles. The maximum absolute atomic E-state index is 13.0. The van der Waals surface area contributed by atoms with Crippen LogP contribution >= 0.6 is 0 Å². The molecule has 5 rings (SSSR count). The standard InChI is InChI=1S/C28H28N6O/c1-20-8-11-23(12-9-20)16-33(18-25-15-24-13-10-21(2)14-26(24)29-28(25)35)19-27-30-31-32-34(27)17-22-6-4-3-5-7-22/h3-15H,16-19H2,1-2H3,(H,29,35). The number of nitrogens with zero attached hydrogens (tertiary/aromatic N) is 5. The number of fused-ring (bicyclic) bond motifs is 1. The topological polar surface area (TPSA) is 79.7 Å². The number of H-pyrrole nitrogens is 1. The van der Waals surface area contributed by atoms with E-state index in [0.717, 1.165) is 33.4 Å². The lowest BCUT2D eigenvalue weighted by molar-refractivity contribution is 0.236. The van der Waals surface area contributed by atoms with Crippen LogP contribution in [0.25, 0.3) is 10.9 Å². The van der Waals surface area contributed by atoms with E-state index in [2.05, 4.69) is 80.9 Å². The Hall–Kier alpha value is -4.10. The van der Waals surface area contributed by atoms with Gasteiger partial charge in [0.2, 0.25) is 0 Å². The Morgan fingerprint density at radius 3 is 2.40 bits per heavy atom. The highest BCUT2D eigenvalue weighted by Crippen LogP contribution is 2.17. The summed E-state index contributed by atoms with van der Waals surface area (Å²) in [6, 6.07) is 26.7. The van der Waals surface area contributed by atoms with Gasteiger partial charge < -0.3 is 4.98 Å². The number of pyridine rings is 1. The van der Waals surface area contributed by atoms with Gasteiger partial charge in [0.1, 0.15) is 0 Å². The molecule has 176 valence electrons. The molecule has 7 heteroatoms. The van der Waals surface area contributed by atoms with Crippen molar-refractivity contribution in [1.29, 1.82) is 0 Å². The van der Waals surface area contributed by atoms with Gasteiger partial charge in [0.05, 0.1) is 13.1 Å². The fourth-order valence-corrected chi connectivity index (χ4v) is 4.25. The molecular formula is C28H28N6O. The predicted molar refractivity (Wildman–Crippen MR) is 137 cm³/mol. The number of aromatic nitrogens is 5. The Bertz CT molecular complexity index is 1490. The molecular weight excluding hydrogens is 436 g/mol. The fourth-order valence-electron chi connectivity index (χ4n) is 4.25. The Morgan fingerprint density at radius 1 is 0.829 bits per heavy atom. The molecule has 2 heterocycles. The average Bonchev–Trinajstić information content (AvgIpc) is 3.28.